The topological polar surface area (TPSA) is 70.7 Å². The van der Waals surface area contributed by atoms with E-state index in [9.17, 15) is 9.59 Å². The molecule has 0 aromatic heterocycles. The van der Waals surface area contributed by atoms with Crippen molar-refractivity contribution in [1.29, 1.82) is 0 Å². The van der Waals surface area contributed by atoms with Crippen LogP contribution in [-0.2, 0) is 16.0 Å². The third kappa shape index (κ3) is 4.44. The normalized spacial score (nSPS) is 16.0. The fourth-order valence-electron chi connectivity index (χ4n) is 3.67. The molecule has 0 aliphatic carbocycles. The molecule has 4 rings (SSSR count). The highest BCUT2D eigenvalue weighted by Crippen LogP contribution is 2.29. The third-order valence-electron chi connectivity index (χ3n) is 5.19. The number of carbonyl (C=O) groups excluding carboxylic acids is 2. The Hall–Kier alpha value is -3.02. The Morgan fingerprint density at radius 3 is 2.64 bits per heavy atom. The van der Waals surface area contributed by atoms with E-state index in [0.717, 1.165) is 24.3 Å². The van der Waals surface area contributed by atoms with Crippen LogP contribution in [0.15, 0.2) is 42.5 Å². The van der Waals surface area contributed by atoms with Crippen LogP contribution in [0.2, 0.25) is 0 Å². The number of amides is 2. The molecule has 2 heterocycles. The minimum atomic E-state index is -0.157. The minimum absolute atomic E-state index is 0.0243. The first-order valence-electron chi connectivity index (χ1n) is 9.88. The van der Waals surface area contributed by atoms with Gasteiger partial charge in [-0.05, 0) is 67.6 Å². The van der Waals surface area contributed by atoms with Crippen molar-refractivity contribution < 1.29 is 14.3 Å². The second kappa shape index (κ2) is 8.33. The number of carbonyl (C=O) groups is 2. The molecule has 28 heavy (non-hydrogen) atoms. The standard InChI is InChI=1S/C22H25N3O3/c26-21(11-5-16-4-10-20-19(14-16)24-22(27)15-28-20)23-17-6-8-18(9-7-17)25-12-2-1-3-13-25/h4,6-10,14H,1-3,5,11-13,15H2,(H,23,26)(H,24,27). The van der Waals surface area contributed by atoms with Crippen molar-refractivity contribution in [3.63, 3.8) is 0 Å². The van der Waals surface area contributed by atoms with Crippen LogP contribution in [0, 0.1) is 0 Å². The summed E-state index contributed by atoms with van der Waals surface area (Å²) in [5.41, 5.74) is 3.69. The van der Waals surface area contributed by atoms with Crippen molar-refractivity contribution in [2.75, 3.05) is 35.2 Å². The number of rotatable bonds is 5. The van der Waals surface area contributed by atoms with Gasteiger partial charge in [0.15, 0.2) is 6.61 Å². The van der Waals surface area contributed by atoms with E-state index in [1.54, 1.807) is 0 Å². The SMILES string of the molecule is O=C(CCc1ccc2c(c1)NC(=O)CO2)Nc1ccc(N2CCCCC2)cc1. The number of fused-ring (bicyclic) bond motifs is 1. The Balaban J connectivity index is 1.30. The number of benzene rings is 2. The molecule has 2 aliphatic rings. The molecule has 6 nitrogen and oxygen atoms in total. The smallest absolute Gasteiger partial charge is 0.262 e. The minimum Gasteiger partial charge on any atom is -0.482 e. The Morgan fingerprint density at radius 1 is 1.07 bits per heavy atom. The van der Waals surface area contributed by atoms with Gasteiger partial charge in [0.1, 0.15) is 5.75 Å². The molecule has 2 aromatic carbocycles. The van der Waals surface area contributed by atoms with Crippen LogP contribution in [0.1, 0.15) is 31.2 Å². The first-order valence-corrected chi connectivity index (χ1v) is 9.88. The maximum absolute atomic E-state index is 12.3. The lowest BCUT2D eigenvalue weighted by atomic mass is 10.1. The van der Waals surface area contributed by atoms with Gasteiger partial charge in [-0.3, -0.25) is 9.59 Å². The lowest BCUT2D eigenvalue weighted by Gasteiger charge is -2.28. The van der Waals surface area contributed by atoms with Crippen molar-refractivity contribution >= 4 is 28.9 Å². The largest absolute Gasteiger partial charge is 0.482 e. The molecule has 2 amide bonds. The van der Waals surface area contributed by atoms with Gasteiger partial charge in [0.2, 0.25) is 5.91 Å². The van der Waals surface area contributed by atoms with E-state index in [0.29, 0.717) is 24.3 Å². The fraction of sp³-hybridized carbons (Fsp3) is 0.364. The summed E-state index contributed by atoms with van der Waals surface area (Å²) in [5.74, 6) is 0.487. The number of hydrogen-bond donors (Lipinski definition) is 2. The van der Waals surface area contributed by atoms with Gasteiger partial charge >= 0.3 is 0 Å². The van der Waals surface area contributed by atoms with Crippen LogP contribution in [0.25, 0.3) is 0 Å². The molecule has 0 atom stereocenters. The summed E-state index contributed by atoms with van der Waals surface area (Å²) < 4.78 is 5.35. The molecule has 1 fully saturated rings. The van der Waals surface area contributed by atoms with Gasteiger partial charge in [0.05, 0.1) is 5.69 Å². The fourth-order valence-corrected chi connectivity index (χ4v) is 3.67. The third-order valence-corrected chi connectivity index (χ3v) is 5.19. The van der Waals surface area contributed by atoms with Crippen molar-refractivity contribution in [3.05, 3.63) is 48.0 Å². The molecule has 146 valence electrons. The molecule has 0 radical (unpaired) electrons. The van der Waals surface area contributed by atoms with E-state index in [1.807, 2.05) is 30.3 Å². The summed E-state index contributed by atoms with van der Waals surface area (Å²) >= 11 is 0. The van der Waals surface area contributed by atoms with E-state index in [2.05, 4.69) is 27.7 Å². The van der Waals surface area contributed by atoms with Gasteiger partial charge in [-0.1, -0.05) is 6.07 Å². The average molecular weight is 379 g/mol. The van der Waals surface area contributed by atoms with Crippen molar-refractivity contribution in [2.45, 2.75) is 32.1 Å². The molecule has 0 spiro atoms. The monoisotopic (exact) mass is 379 g/mol. The summed E-state index contributed by atoms with van der Waals surface area (Å²) in [6.07, 6.45) is 4.78. The number of piperidine rings is 1. The number of anilines is 3. The number of hydrogen-bond acceptors (Lipinski definition) is 4. The molecule has 2 N–H and O–H groups in total. The molecule has 0 saturated carbocycles. The molecule has 6 heteroatoms. The van der Waals surface area contributed by atoms with Gasteiger partial charge < -0.3 is 20.3 Å². The summed E-state index contributed by atoms with van der Waals surface area (Å²) in [4.78, 5) is 26.1. The number of ether oxygens (including phenoxy) is 1. The van der Waals surface area contributed by atoms with E-state index in [4.69, 9.17) is 4.74 Å². The maximum atomic E-state index is 12.3. The van der Waals surface area contributed by atoms with Crippen molar-refractivity contribution in [3.8, 4) is 5.75 Å². The highest BCUT2D eigenvalue weighted by molar-refractivity contribution is 5.95. The Bertz CT molecular complexity index is 858. The van der Waals surface area contributed by atoms with Crippen molar-refractivity contribution in [1.82, 2.24) is 0 Å². The molecular formula is C22H25N3O3. The molecule has 2 aliphatic heterocycles. The summed E-state index contributed by atoms with van der Waals surface area (Å²) in [5, 5.41) is 5.75. The highest BCUT2D eigenvalue weighted by Gasteiger charge is 2.16. The zero-order valence-corrected chi connectivity index (χ0v) is 15.9. The second-order valence-corrected chi connectivity index (χ2v) is 7.31. The van der Waals surface area contributed by atoms with Crippen LogP contribution >= 0.6 is 0 Å². The second-order valence-electron chi connectivity index (χ2n) is 7.31. The van der Waals surface area contributed by atoms with E-state index in [-0.39, 0.29) is 18.4 Å². The molecular weight excluding hydrogens is 354 g/mol. The molecule has 0 unspecified atom stereocenters. The van der Waals surface area contributed by atoms with E-state index < -0.39 is 0 Å². The van der Waals surface area contributed by atoms with Crippen LogP contribution in [-0.4, -0.2) is 31.5 Å². The van der Waals surface area contributed by atoms with E-state index in [1.165, 1.54) is 24.9 Å². The predicted molar refractivity (Wildman–Crippen MR) is 110 cm³/mol. The highest BCUT2D eigenvalue weighted by atomic mass is 16.5. The van der Waals surface area contributed by atoms with E-state index >= 15 is 0 Å². The van der Waals surface area contributed by atoms with Gasteiger partial charge in [0.25, 0.3) is 5.91 Å². The predicted octanol–water partition coefficient (Wildman–Crippen LogP) is 3.58. The van der Waals surface area contributed by atoms with Crippen LogP contribution in [0.5, 0.6) is 5.75 Å². The van der Waals surface area contributed by atoms with Crippen LogP contribution in [0.4, 0.5) is 17.1 Å². The summed E-state index contributed by atoms with van der Waals surface area (Å²) in [6.45, 7) is 2.27. The van der Waals surface area contributed by atoms with Gasteiger partial charge in [-0.2, -0.15) is 0 Å². The zero-order chi connectivity index (χ0) is 19.3. The Labute approximate surface area is 164 Å². The molecule has 1 saturated heterocycles. The lowest BCUT2D eigenvalue weighted by molar-refractivity contribution is -0.118. The van der Waals surface area contributed by atoms with Crippen molar-refractivity contribution in [2.24, 2.45) is 0 Å². The van der Waals surface area contributed by atoms with Gasteiger partial charge in [0, 0.05) is 30.9 Å². The Morgan fingerprint density at radius 2 is 1.86 bits per heavy atom. The number of nitrogens with zero attached hydrogens (tertiary/aromatic N) is 1. The lowest BCUT2D eigenvalue weighted by Crippen LogP contribution is -2.29. The van der Waals surface area contributed by atoms with Gasteiger partial charge in [-0.25, -0.2) is 0 Å². The first-order chi connectivity index (χ1) is 13.7. The average Bonchev–Trinajstić information content (AvgIpc) is 2.73. The Kier molecular flexibility index (Phi) is 5.46. The maximum Gasteiger partial charge on any atom is 0.262 e. The number of aryl methyl sites for hydroxylation is 1. The first kappa shape index (κ1) is 18.3. The molecule has 0 bridgehead atoms. The zero-order valence-electron chi connectivity index (χ0n) is 15.9. The van der Waals surface area contributed by atoms with Crippen LogP contribution in [0.3, 0.4) is 0 Å². The summed E-state index contributed by atoms with van der Waals surface area (Å²) in [7, 11) is 0. The quantitative estimate of drug-likeness (QED) is 0.833. The number of nitrogens with one attached hydrogen (secondary N) is 2. The summed E-state index contributed by atoms with van der Waals surface area (Å²) in [6, 6.07) is 13.7. The molecule has 2 aromatic rings. The van der Waals surface area contributed by atoms with Gasteiger partial charge in [-0.15, -0.1) is 0 Å². The van der Waals surface area contributed by atoms with Crippen LogP contribution < -0.4 is 20.3 Å².